The molecule has 2 aliphatic carbocycles. The minimum Gasteiger partial charge on any atom is -0.390 e. The lowest BCUT2D eigenvalue weighted by Gasteiger charge is -2.35. The van der Waals surface area contributed by atoms with Crippen LogP contribution in [0.3, 0.4) is 0 Å². The smallest absolute Gasteiger partial charge is 0.0704 e. The van der Waals surface area contributed by atoms with Gasteiger partial charge in [0, 0.05) is 0 Å². The van der Waals surface area contributed by atoms with Gasteiger partial charge >= 0.3 is 0 Å². The standard InChI is InChI=1S/C22H42O5/c1-21(2,23)17-5-9-19(10-6-17)26-15-13-25-14-16-27-20-11-7-18(8-12-20)22(3,4)24/h17-20,23-24H,5-16H2,1-4H3. The van der Waals surface area contributed by atoms with E-state index in [1.807, 2.05) is 27.7 Å². The van der Waals surface area contributed by atoms with Crippen LogP contribution in [-0.2, 0) is 14.2 Å². The van der Waals surface area contributed by atoms with E-state index in [1.165, 1.54) is 0 Å². The maximum atomic E-state index is 10.1. The minimum atomic E-state index is -0.568. The molecule has 2 aliphatic rings. The summed E-state index contributed by atoms with van der Waals surface area (Å²) in [6, 6.07) is 0. The molecule has 0 saturated heterocycles. The molecule has 2 rings (SSSR count). The summed E-state index contributed by atoms with van der Waals surface area (Å²) in [6.45, 7) is 10.1. The van der Waals surface area contributed by atoms with E-state index in [2.05, 4.69) is 0 Å². The Kier molecular flexibility index (Phi) is 9.01. The molecule has 0 atom stereocenters. The molecule has 0 aromatic rings. The van der Waals surface area contributed by atoms with Crippen molar-refractivity contribution >= 4 is 0 Å². The lowest BCUT2D eigenvalue weighted by atomic mass is 9.78. The molecule has 0 bridgehead atoms. The van der Waals surface area contributed by atoms with E-state index in [1.54, 1.807) is 0 Å². The maximum absolute atomic E-state index is 10.1. The summed E-state index contributed by atoms with van der Waals surface area (Å²) in [7, 11) is 0. The van der Waals surface area contributed by atoms with Gasteiger partial charge in [-0.3, -0.25) is 0 Å². The monoisotopic (exact) mass is 386 g/mol. The highest BCUT2D eigenvalue weighted by atomic mass is 16.5. The summed E-state index contributed by atoms with van der Waals surface area (Å²) in [5, 5.41) is 20.2. The Labute approximate surface area is 165 Å². The van der Waals surface area contributed by atoms with Gasteiger partial charge in [-0.15, -0.1) is 0 Å². The van der Waals surface area contributed by atoms with E-state index < -0.39 is 11.2 Å². The molecule has 0 spiro atoms. The zero-order valence-corrected chi connectivity index (χ0v) is 17.9. The molecule has 0 aromatic heterocycles. The summed E-state index contributed by atoms with van der Waals surface area (Å²) in [4.78, 5) is 0. The first-order valence-electron chi connectivity index (χ1n) is 10.9. The predicted octanol–water partition coefficient (Wildman–Crippen LogP) is 3.70. The molecule has 0 unspecified atom stereocenters. The Morgan fingerprint density at radius 2 is 0.926 bits per heavy atom. The van der Waals surface area contributed by atoms with Gasteiger partial charge in [-0.1, -0.05) is 0 Å². The summed E-state index contributed by atoms with van der Waals surface area (Å²) >= 11 is 0. The third-order valence-corrected chi connectivity index (χ3v) is 6.51. The van der Waals surface area contributed by atoms with Crippen LogP contribution in [0, 0.1) is 11.8 Å². The van der Waals surface area contributed by atoms with Gasteiger partial charge in [0.25, 0.3) is 0 Å². The Balaban J connectivity index is 1.43. The first-order valence-corrected chi connectivity index (χ1v) is 10.9. The van der Waals surface area contributed by atoms with Crippen molar-refractivity contribution in [3.63, 3.8) is 0 Å². The van der Waals surface area contributed by atoms with Crippen LogP contribution in [-0.4, -0.2) is 60.1 Å². The lowest BCUT2D eigenvalue weighted by Crippen LogP contribution is -2.36. The third kappa shape index (κ3) is 8.36. The topological polar surface area (TPSA) is 68.2 Å². The van der Waals surface area contributed by atoms with Crippen LogP contribution in [0.25, 0.3) is 0 Å². The molecule has 2 fully saturated rings. The van der Waals surface area contributed by atoms with Crippen molar-refractivity contribution in [2.24, 2.45) is 11.8 Å². The second-order valence-corrected chi connectivity index (χ2v) is 9.61. The van der Waals surface area contributed by atoms with E-state index in [9.17, 15) is 10.2 Å². The van der Waals surface area contributed by atoms with Crippen LogP contribution >= 0.6 is 0 Å². The van der Waals surface area contributed by atoms with Crippen LogP contribution in [0.15, 0.2) is 0 Å². The Hall–Kier alpha value is -0.200. The summed E-state index contributed by atoms with van der Waals surface area (Å²) < 4.78 is 17.5. The summed E-state index contributed by atoms with van der Waals surface area (Å²) in [5.41, 5.74) is -1.14. The van der Waals surface area contributed by atoms with E-state index in [4.69, 9.17) is 14.2 Å². The van der Waals surface area contributed by atoms with Crippen molar-refractivity contribution in [3.8, 4) is 0 Å². The molecule has 160 valence electrons. The third-order valence-electron chi connectivity index (χ3n) is 6.51. The summed E-state index contributed by atoms with van der Waals surface area (Å²) in [5.74, 6) is 0.786. The second kappa shape index (κ2) is 10.5. The van der Waals surface area contributed by atoms with Gasteiger partial charge in [0.15, 0.2) is 0 Å². The average molecular weight is 387 g/mol. The van der Waals surface area contributed by atoms with E-state index in [0.717, 1.165) is 51.4 Å². The van der Waals surface area contributed by atoms with Crippen LogP contribution in [0.5, 0.6) is 0 Å². The molecule has 0 aliphatic heterocycles. The fourth-order valence-electron chi connectivity index (χ4n) is 4.52. The normalized spacial score (nSPS) is 30.4. The highest BCUT2D eigenvalue weighted by Crippen LogP contribution is 2.34. The molecule has 0 aromatic carbocycles. The van der Waals surface area contributed by atoms with Crippen molar-refractivity contribution in [1.82, 2.24) is 0 Å². The number of rotatable bonds is 10. The summed E-state index contributed by atoms with van der Waals surface area (Å²) in [6.07, 6.45) is 8.92. The van der Waals surface area contributed by atoms with Gasteiger partial charge in [0.05, 0.1) is 49.8 Å². The minimum absolute atomic E-state index is 0.314. The molecule has 0 radical (unpaired) electrons. The molecular formula is C22H42O5. The van der Waals surface area contributed by atoms with Crippen molar-refractivity contribution in [2.45, 2.75) is 102 Å². The number of ether oxygens (including phenoxy) is 3. The Morgan fingerprint density at radius 3 is 1.22 bits per heavy atom. The molecule has 2 N–H and O–H groups in total. The number of aliphatic hydroxyl groups is 2. The first kappa shape index (κ1) is 23.1. The fraction of sp³-hybridized carbons (Fsp3) is 1.00. The SMILES string of the molecule is CC(C)(O)C1CCC(OCCOCCOC2CCC(C(C)(C)O)CC2)CC1. The van der Waals surface area contributed by atoms with Crippen LogP contribution in [0.2, 0.25) is 0 Å². The number of hydrogen-bond acceptors (Lipinski definition) is 5. The number of hydrogen-bond donors (Lipinski definition) is 2. The molecule has 5 nitrogen and oxygen atoms in total. The van der Waals surface area contributed by atoms with Crippen molar-refractivity contribution in [3.05, 3.63) is 0 Å². The average Bonchev–Trinajstić information content (AvgIpc) is 2.60. The molecule has 0 amide bonds. The molecule has 0 heterocycles. The lowest BCUT2D eigenvalue weighted by molar-refractivity contribution is -0.0646. The van der Waals surface area contributed by atoms with Crippen molar-refractivity contribution < 1.29 is 24.4 Å². The van der Waals surface area contributed by atoms with Crippen LogP contribution < -0.4 is 0 Å². The second-order valence-electron chi connectivity index (χ2n) is 9.61. The van der Waals surface area contributed by atoms with Gasteiger partial charge in [-0.2, -0.15) is 0 Å². The quantitative estimate of drug-likeness (QED) is 0.561. The van der Waals surface area contributed by atoms with Gasteiger partial charge in [0.2, 0.25) is 0 Å². The highest BCUT2D eigenvalue weighted by Gasteiger charge is 2.32. The van der Waals surface area contributed by atoms with Gasteiger partial charge < -0.3 is 24.4 Å². The van der Waals surface area contributed by atoms with Gasteiger partial charge in [-0.05, 0) is 90.9 Å². The molecule has 5 heteroatoms. The molecule has 27 heavy (non-hydrogen) atoms. The fourth-order valence-corrected chi connectivity index (χ4v) is 4.52. The zero-order valence-electron chi connectivity index (χ0n) is 17.9. The van der Waals surface area contributed by atoms with Crippen molar-refractivity contribution in [2.75, 3.05) is 26.4 Å². The Morgan fingerprint density at radius 1 is 0.593 bits per heavy atom. The van der Waals surface area contributed by atoms with E-state index in [0.29, 0.717) is 50.5 Å². The predicted molar refractivity (Wildman–Crippen MR) is 107 cm³/mol. The largest absolute Gasteiger partial charge is 0.390 e. The Bertz CT molecular complexity index is 358. The maximum Gasteiger partial charge on any atom is 0.0704 e. The van der Waals surface area contributed by atoms with E-state index in [-0.39, 0.29) is 0 Å². The molecular weight excluding hydrogens is 344 g/mol. The van der Waals surface area contributed by atoms with Crippen LogP contribution in [0.4, 0.5) is 0 Å². The van der Waals surface area contributed by atoms with Gasteiger partial charge in [-0.25, -0.2) is 0 Å². The van der Waals surface area contributed by atoms with Gasteiger partial charge in [0.1, 0.15) is 0 Å². The zero-order chi connectivity index (χ0) is 19.9. The van der Waals surface area contributed by atoms with Crippen LogP contribution in [0.1, 0.15) is 79.1 Å². The highest BCUT2D eigenvalue weighted by molar-refractivity contribution is 4.84. The first-order chi connectivity index (χ1) is 12.7. The van der Waals surface area contributed by atoms with E-state index >= 15 is 0 Å². The van der Waals surface area contributed by atoms with Crippen molar-refractivity contribution in [1.29, 1.82) is 0 Å². The molecule has 2 saturated carbocycles.